The van der Waals surface area contributed by atoms with E-state index in [-0.39, 0.29) is 56.9 Å². The number of rotatable bonds is 16. The van der Waals surface area contributed by atoms with Crippen molar-refractivity contribution in [2.45, 2.75) is 77.0 Å². The molecule has 2 heterocycles. The minimum absolute atomic E-state index is 0.00975. The molecule has 14 nitrogen and oxygen atoms in total. The van der Waals surface area contributed by atoms with Gasteiger partial charge in [-0.3, -0.25) is 39.0 Å². The molecule has 2 rings (SSSR count). The largest absolute Gasteiger partial charge is 0.356 e. The number of hydrogen-bond donors (Lipinski definition) is 3. The molecule has 2 aliphatic rings. The fourth-order valence-corrected chi connectivity index (χ4v) is 3.62. The van der Waals surface area contributed by atoms with E-state index >= 15 is 0 Å². The van der Waals surface area contributed by atoms with Gasteiger partial charge in [-0.2, -0.15) is 0 Å². The minimum Gasteiger partial charge on any atom is -0.356 e. The monoisotopic (exact) mass is 523 g/mol. The summed E-state index contributed by atoms with van der Waals surface area (Å²) in [4.78, 5) is 98.2. The van der Waals surface area contributed by atoms with Crippen LogP contribution in [0.3, 0.4) is 0 Å². The van der Waals surface area contributed by atoms with Crippen molar-refractivity contribution in [1.82, 2.24) is 25.9 Å². The Morgan fingerprint density at radius 1 is 0.730 bits per heavy atom. The van der Waals surface area contributed by atoms with Crippen LogP contribution in [0.4, 0.5) is 4.79 Å². The highest BCUT2D eigenvalue weighted by atomic mass is 16.7. The van der Waals surface area contributed by atoms with Crippen LogP contribution >= 0.6 is 0 Å². The predicted molar refractivity (Wildman–Crippen MR) is 125 cm³/mol. The lowest BCUT2D eigenvalue weighted by Crippen LogP contribution is -2.52. The Balaban J connectivity index is 1.39. The third kappa shape index (κ3) is 10.8. The number of carbonyl (C=O) groups is 8. The van der Waals surface area contributed by atoms with Crippen LogP contribution in [-0.2, 0) is 38.4 Å². The molecule has 0 aromatic carbocycles. The Hall–Kier alpha value is -3.84. The number of imide groups is 3. The van der Waals surface area contributed by atoms with Gasteiger partial charge in [0.1, 0.15) is 6.42 Å². The number of barbiturate groups is 1. The highest BCUT2D eigenvalue weighted by Crippen LogP contribution is 2.13. The quantitative estimate of drug-likeness (QED) is 0.140. The van der Waals surface area contributed by atoms with Gasteiger partial charge in [0, 0.05) is 45.3 Å². The third-order valence-electron chi connectivity index (χ3n) is 5.64. The molecule has 0 spiro atoms. The Morgan fingerprint density at radius 2 is 1.32 bits per heavy atom. The van der Waals surface area contributed by atoms with Crippen LogP contribution in [0, 0.1) is 0 Å². The number of nitrogens with zero attached hydrogens (tertiary/aromatic N) is 2. The van der Waals surface area contributed by atoms with Gasteiger partial charge in [0.15, 0.2) is 0 Å². The molecule has 0 atom stereocenters. The lowest BCUT2D eigenvalue weighted by atomic mass is 10.2. The maximum atomic E-state index is 11.9. The predicted octanol–water partition coefficient (Wildman–Crippen LogP) is -0.195. The SMILES string of the molecule is O=C(CCCCN1C(=O)CC(=O)NC1=O)NCCCCCCNC(=O)CCC(=O)ON1C(=O)CCC1=O. The summed E-state index contributed by atoms with van der Waals surface area (Å²) in [5.74, 6) is -3.54. The second kappa shape index (κ2) is 15.3. The molecule has 14 heteroatoms. The molecule has 0 aliphatic carbocycles. The zero-order valence-electron chi connectivity index (χ0n) is 20.7. The maximum absolute atomic E-state index is 11.9. The number of unbranched alkanes of at least 4 members (excludes halogenated alkanes) is 4. The molecule has 0 saturated carbocycles. The summed E-state index contributed by atoms with van der Waals surface area (Å²) in [5, 5.41) is 8.03. The molecule has 0 radical (unpaired) electrons. The van der Waals surface area contributed by atoms with E-state index < -0.39 is 35.6 Å². The average Bonchev–Trinajstić information content (AvgIpc) is 3.15. The number of nitrogens with one attached hydrogen (secondary N) is 3. The topological polar surface area (TPSA) is 188 Å². The van der Waals surface area contributed by atoms with Crippen LogP contribution in [0.25, 0.3) is 0 Å². The van der Waals surface area contributed by atoms with Gasteiger partial charge < -0.3 is 15.5 Å². The first-order valence-electron chi connectivity index (χ1n) is 12.4. The molecule has 2 aliphatic heterocycles. The third-order valence-corrected chi connectivity index (χ3v) is 5.64. The van der Waals surface area contributed by atoms with E-state index in [0.29, 0.717) is 31.0 Å². The van der Waals surface area contributed by atoms with Crippen molar-refractivity contribution in [2.75, 3.05) is 19.6 Å². The molecule has 0 aromatic rings. The molecule has 2 fully saturated rings. The van der Waals surface area contributed by atoms with E-state index in [1.807, 2.05) is 0 Å². The molecule has 37 heavy (non-hydrogen) atoms. The van der Waals surface area contributed by atoms with Gasteiger partial charge in [-0.05, 0) is 25.7 Å². The Morgan fingerprint density at radius 3 is 1.92 bits per heavy atom. The van der Waals surface area contributed by atoms with Crippen LogP contribution in [0.2, 0.25) is 0 Å². The summed E-state index contributed by atoms with van der Waals surface area (Å²) in [6.45, 7) is 1.12. The molecule has 0 aromatic heterocycles. The van der Waals surface area contributed by atoms with Gasteiger partial charge in [0.05, 0.1) is 6.42 Å². The molecule has 204 valence electrons. The summed E-state index contributed by atoms with van der Waals surface area (Å²) < 4.78 is 0. The summed E-state index contributed by atoms with van der Waals surface area (Å²) in [5.41, 5.74) is 0. The van der Waals surface area contributed by atoms with Gasteiger partial charge in [-0.1, -0.05) is 12.8 Å². The van der Waals surface area contributed by atoms with Gasteiger partial charge in [0.2, 0.25) is 23.6 Å². The van der Waals surface area contributed by atoms with Crippen molar-refractivity contribution < 1.29 is 43.2 Å². The molecule has 2 saturated heterocycles. The molecular weight excluding hydrogens is 490 g/mol. The number of amides is 8. The van der Waals surface area contributed by atoms with Crippen molar-refractivity contribution >= 4 is 47.4 Å². The Kier molecular flexibility index (Phi) is 12.2. The molecule has 0 unspecified atom stereocenters. The summed E-state index contributed by atoms with van der Waals surface area (Å²) >= 11 is 0. The van der Waals surface area contributed by atoms with Crippen LogP contribution in [0.5, 0.6) is 0 Å². The van der Waals surface area contributed by atoms with Crippen LogP contribution in [0.15, 0.2) is 0 Å². The number of urea groups is 1. The molecule has 0 bridgehead atoms. The van der Waals surface area contributed by atoms with Gasteiger partial charge in [-0.15, -0.1) is 5.06 Å². The zero-order chi connectivity index (χ0) is 27.2. The Bertz CT molecular complexity index is 884. The van der Waals surface area contributed by atoms with Crippen LogP contribution in [0.1, 0.15) is 77.0 Å². The first-order valence-corrected chi connectivity index (χ1v) is 12.4. The average molecular weight is 524 g/mol. The highest BCUT2D eigenvalue weighted by molar-refractivity contribution is 6.14. The molecule has 8 amide bonds. The van der Waals surface area contributed by atoms with E-state index in [1.54, 1.807) is 0 Å². The summed E-state index contributed by atoms with van der Waals surface area (Å²) in [7, 11) is 0. The van der Waals surface area contributed by atoms with Gasteiger partial charge in [-0.25, -0.2) is 9.59 Å². The van der Waals surface area contributed by atoms with Crippen molar-refractivity contribution in [2.24, 2.45) is 0 Å². The fourth-order valence-electron chi connectivity index (χ4n) is 3.62. The number of hydrogen-bond acceptors (Lipinski definition) is 9. The van der Waals surface area contributed by atoms with E-state index in [9.17, 15) is 38.4 Å². The van der Waals surface area contributed by atoms with E-state index in [4.69, 9.17) is 4.84 Å². The number of hydroxylamine groups is 2. The standard InChI is InChI=1S/C23H33N5O9/c29-16(7-3-6-14-27-21(34)15-18(31)26-23(27)36)24-12-4-1-2-5-13-25-17(30)8-11-22(35)37-28-19(32)9-10-20(28)33/h1-15H2,(H,24,29)(H,25,30)(H,26,31,36). The van der Waals surface area contributed by atoms with Crippen molar-refractivity contribution in [3.05, 3.63) is 0 Å². The Labute approximate surface area is 213 Å². The van der Waals surface area contributed by atoms with Crippen molar-refractivity contribution in [3.8, 4) is 0 Å². The van der Waals surface area contributed by atoms with E-state index in [0.717, 1.165) is 30.6 Å². The second-order valence-electron chi connectivity index (χ2n) is 8.69. The van der Waals surface area contributed by atoms with Crippen LogP contribution < -0.4 is 16.0 Å². The van der Waals surface area contributed by atoms with Crippen molar-refractivity contribution in [1.29, 1.82) is 0 Å². The first kappa shape index (κ1) is 29.4. The van der Waals surface area contributed by atoms with Crippen LogP contribution in [-0.4, -0.2) is 77.0 Å². The van der Waals surface area contributed by atoms with E-state index in [1.165, 1.54) is 0 Å². The normalized spacial score (nSPS) is 15.6. The minimum atomic E-state index is -0.817. The lowest BCUT2D eigenvalue weighted by molar-refractivity contribution is -0.197. The van der Waals surface area contributed by atoms with Gasteiger partial charge >= 0.3 is 12.0 Å². The van der Waals surface area contributed by atoms with E-state index in [2.05, 4.69) is 16.0 Å². The zero-order valence-corrected chi connectivity index (χ0v) is 20.7. The summed E-state index contributed by atoms with van der Waals surface area (Å²) in [6.07, 6.45) is 3.76. The molecule has 3 N–H and O–H groups in total. The summed E-state index contributed by atoms with van der Waals surface area (Å²) in [6, 6.07) is -0.722. The second-order valence-corrected chi connectivity index (χ2v) is 8.69. The lowest BCUT2D eigenvalue weighted by Gasteiger charge is -2.24. The van der Waals surface area contributed by atoms with Gasteiger partial charge in [0.25, 0.3) is 11.8 Å². The number of carbonyl (C=O) groups excluding carboxylic acids is 8. The molecular formula is C23H33N5O9. The smallest absolute Gasteiger partial charge is 0.333 e. The fraction of sp³-hybridized carbons (Fsp3) is 0.652. The first-order chi connectivity index (χ1) is 17.7. The maximum Gasteiger partial charge on any atom is 0.333 e. The highest BCUT2D eigenvalue weighted by Gasteiger charge is 2.33. The van der Waals surface area contributed by atoms with Crippen molar-refractivity contribution in [3.63, 3.8) is 0 Å².